The third kappa shape index (κ3) is 10.1. The average Bonchev–Trinajstić information content (AvgIpc) is 2.84. The molecule has 32 heavy (non-hydrogen) atoms. The van der Waals surface area contributed by atoms with E-state index in [-0.39, 0.29) is 0 Å². The lowest BCUT2D eigenvalue weighted by Gasteiger charge is -2.33. The van der Waals surface area contributed by atoms with Gasteiger partial charge in [-0.1, -0.05) is 168 Å². The first-order valence-corrected chi connectivity index (χ1v) is 15.8. The lowest BCUT2D eigenvalue weighted by atomic mass is 9.73. The summed E-state index contributed by atoms with van der Waals surface area (Å²) in [6, 6.07) is 0. The average molecular weight is 445 g/mol. The van der Waals surface area contributed by atoms with Crippen LogP contribution in [0.15, 0.2) is 0 Å². The van der Waals surface area contributed by atoms with Gasteiger partial charge in [-0.2, -0.15) is 0 Å². The maximum absolute atomic E-state index is 2.37. The van der Waals surface area contributed by atoms with E-state index in [9.17, 15) is 0 Å². The normalized spacial score (nSPS) is 33.9. The molecular formula is C32H60. The summed E-state index contributed by atoms with van der Waals surface area (Å²) in [6.07, 6.45) is 36.8. The lowest BCUT2D eigenvalue weighted by Crippen LogP contribution is -2.19. The summed E-state index contributed by atoms with van der Waals surface area (Å²) >= 11 is 0. The Labute approximate surface area is 203 Å². The third-order valence-electron chi connectivity index (χ3n) is 10.3. The summed E-state index contributed by atoms with van der Waals surface area (Å²) in [5.41, 5.74) is 0. The first-order chi connectivity index (χ1) is 15.8. The van der Waals surface area contributed by atoms with E-state index in [0.29, 0.717) is 0 Å². The van der Waals surface area contributed by atoms with E-state index in [1.807, 2.05) is 0 Å². The first-order valence-electron chi connectivity index (χ1n) is 15.8. The Bertz CT molecular complexity index is 429. The Kier molecular flexibility index (Phi) is 13.1. The fraction of sp³-hybridized carbons (Fsp3) is 1.00. The van der Waals surface area contributed by atoms with Gasteiger partial charge in [0.2, 0.25) is 0 Å². The summed E-state index contributed by atoms with van der Waals surface area (Å²) in [6.45, 7) is 4.69. The molecule has 0 saturated heterocycles. The number of hydrogen-bond acceptors (Lipinski definition) is 0. The molecule has 0 radical (unpaired) electrons. The molecule has 0 heteroatoms. The van der Waals surface area contributed by atoms with Crippen molar-refractivity contribution in [2.24, 2.45) is 35.5 Å². The van der Waals surface area contributed by atoms with Crippen LogP contribution in [-0.4, -0.2) is 0 Å². The number of hydrogen-bond donors (Lipinski definition) is 0. The third-order valence-corrected chi connectivity index (χ3v) is 10.3. The minimum Gasteiger partial charge on any atom is -0.0654 e. The molecule has 0 N–H and O–H groups in total. The minimum atomic E-state index is 1.08. The first kappa shape index (κ1) is 26.6. The molecule has 0 spiro atoms. The standard InChI is InChI=1S/C32H60/c1-3-5-6-7-8-10-28-13-17-30(18-14-28)20-22-32-25-23-31(24-26-32)21-19-29-15-11-27(9-4-2)12-16-29/h27-32H,3-26H2,1-2H3/t27-,28-,29-,30-,31-,32-. The van der Waals surface area contributed by atoms with Crippen LogP contribution in [0, 0.1) is 35.5 Å². The molecule has 188 valence electrons. The molecule has 0 bridgehead atoms. The second-order valence-electron chi connectivity index (χ2n) is 12.8. The van der Waals surface area contributed by atoms with Gasteiger partial charge in [0, 0.05) is 0 Å². The van der Waals surface area contributed by atoms with Crippen molar-refractivity contribution in [3.05, 3.63) is 0 Å². The zero-order chi connectivity index (χ0) is 22.4. The highest BCUT2D eigenvalue weighted by atomic mass is 14.3. The molecule has 3 fully saturated rings. The Morgan fingerprint density at radius 3 is 0.969 bits per heavy atom. The summed E-state index contributed by atoms with van der Waals surface area (Å²) in [7, 11) is 0. The van der Waals surface area contributed by atoms with Gasteiger partial charge in [-0.3, -0.25) is 0 Å². The fourth-order valence-electron chi connectivity index (χ4n) is 7.81. The van der Waals surface area contributed by atoms with Crippen LogP contribution < -0.4 is 0 Å². The van der Waals surface area contributed by atoms with Crippen LogP contribution in [0.3, 0.4) is 0 Å². The molecule has 0 aromatic rings. The van der Waals surface area contributed by atoms with Crippen LogP contribution >= 0.6 is 0 Å². The number of rotatable bonds is 14. The second-order valence-corrected chi connectivity index (χ2v) is 12.8. The van der Waals surface area contributed by atoms with Crippen molar-refractivity contribution in [3.63, 3.8) is 0 Å². The van der Waals surface area contributed by atoms with Crippen LogP contribution in [0.5, 0.6) is 0 Å². The molecule has 0 aromatic carbocycles. The van der Waals surface area contributed by atoms with Crippen LogP contribution in [0.2, 0.25) is 0 Å². The van der Waals surface area contributed by atoms with Crippen LogP contribution in [-0.2, 0) is 0 Å². The Morgan fingerprint density at radius 2 is 0.625 bits per heavy atom. The topological polar surface area (TPSA) is 0 Å². The summed E-state index contributed by atoms with van der Waals surface area (Å²) in [4.78, 5) is 0. The molecule has 0 nitrogen and oxygen atoms in total. The van der Waals surface area contributed by atoms with E-state index in [0.717, 1.165) is 35.5 Å². The monoisotopic (exact) mass is 444 g/mol. The molecule has 0 atom stereocenters. The van der Waals surface area contributed by atoms with Crippen molar-refractivity contribution in [3.8, 4) is 0 Å². The van der Waals surface area contributed by atoms with Crippen molar-refractivity contribution in [2.45, 2.75) is 168 Å². The van der Waals surface area contributed by atoms with Gasteiger partial charge >= 0.3 is 0 Å². The summed E-state index contributed by atoms with van der Waals surface area (Å²) in [5.74, 6) is 6.53. The van der Waals surface area contributed by atoms with Crippen molar-refractivity contribution in [1.82, 2.24) is 0 Å². The Hall–Kier alpha value is 0. The van der Waals surface area contributed by atoms with Crippen molar-refractivity contribution < 1.29 is 0 Å². The van der Waals surface area contributed by atoms with Crippen LogP contribution in [0.25, 0.3) is 0 Å². The maximum Gasteiger partial charge on any atom is -0.0414 e. The van der Waals surface area contributed by atoms with Gasteiger partial charge < -0.3 is 0 Å². The van der Waals surface area contributed by atoms with Crippen LogP contribution in [0.1, 0.15) is 168 Å². The quantitative estimate of drug-likeness (QED) is 0.234. The van der Waals surface area contributed by atoms with E-state index in [2.05, 4.69) is 13.8 Å². The SMILES string of the molecule is CCCCCCC[C@H]1CC[C@H](CC[C@H]2CC[C@H](CC[C@H]3CC[C@H](CCC)CC3)CC2)CC1. The van der Waals surface area contributed by atoms with E-state index >= 15 is 0 Å². The minimum absolute atomic E-state index is 1.08. The molecule has 0 aromatic heterocycles. The van der Waals surface area contributed by atoms with Gasteiger partial charge in [-0.05, 0) is 35.5 Å². The Morgan fingerprint density at radius 1 is 0.312 bits per heavy atom. The molecular weight excluding hydrogens is 384 g/mol. The molecule has 3 rings (SSSR count). The smallest absolute Gasteiger partial charge is 0.0414 e. The van der Waals surface area contributed by atoms with Crippen molar-refractivity contribution in [2.75, 3.05) is 0 Å². The summed E-state index contributed by atoms with van der Waals surface area (Å²) < 4.78 is 0. The van der Waals surface area contributed by atoms with Crippen LogP contribution in [0.4, 0.5) is 0 Å². The molecule has 3 saturated carbocycles. The fourth-order valence-corrected chi connectivity index (χ4v) is 7.81. The van der Waals surface area contributed by atoms with Gasteiger partial charge in [0.05, 0.1) is 0 Å². The zero-order valence-electron chi connectivity index (χ0n) is 22.4. The van der Waals surface area contributed by atoms with E-state index in [1.165, 1.54) is 44.9 Å². The highest BCUT2D eigenvalue weighted by molar-refractivity contribution is 4.79. The molecule has 0 heterocycles. The molecule has 0 unspecified atom stereocenters. The highest BCUT2D eigenvalue weighted by Crippen LogP contribution is 2.40. The summed E-state index contributed by atoms with van der Waals surface area (Å²) in [5, 5.41) is 0. The van der Waals surface area contributed by atoms with Gasteiger partial charge in [0.1, 0.15) is 0 Å². The van der Waals surface area contributed by atoms with Gasteiger partial charge in [0.15, 0.2) is 0 Å². The molecule has 3 aliphatic rings. The van der Waals surface area contributed by atoms with Gasteiger partial charge in [-0.25, -0.2) is 0 Å². The van der Waals surface area contributed by atoms with E-state index in [1.54, 1.807) is 109 Å². The predicted octanol–water partition coefficient (Wildman–Crippen LogP) is 11.1. The number of unbranched alkanes of at least 4 members (excludes halogenated alkanes) is 4. The van der Waals surface area contributed by atoms with E-state index < -0.39 is 0 Å². The lowest BCUT2D eigenvalue weighted by molar-refractivity contribution is 0.194. The molecule has 0 aliphatic heterocycles. The maximum atomic E-state index is 2.37. The van der Waals surface area contributed by atoms with Crippen molar-refractivity contribution >= 4 is 0 Å². The Balaban J connectivity index is 1.17. The molecule has 3 aliphatic carbocycles. The van der Waals surface area contributed by atoms with E-state index in [4.69, 9.17) is 0 Å². The zero-order valence-corrected chi connectivity index (χ0v) is 22.4. The van der Waals surface area contributed by atoms with Gasteiger partial charge in [-0.15, -0.1) is 0 Å². The second kappa shape index (κ2) is 15.8. The predicted molar refractivity (Wildman–Crippen MR) is 143 cm³/mol. The highest BCUT2D eigenvalue weighted by Gasteiger charge is 2.26. The van der Waals surface area contributed by atoms with Crippen molar-refractivity contribution in [1.29, 1.82) is 0 Å². The molecule has 0 amide bonds. The largest absolute Gasteiger partial charge is 0.0654 e. The van der Waals surface area contributed by atoms with Gasteiger partial charge in [0.25, 0.3) is 0 Å².